The molecule has 0 saturated carbocycles. The monoisotopic (exact) mass is 323 g/mol. The molecule has 5 nitrogen and oxygen atoms in total. The molecule has 0 unspecified atom stereocenters. The van der Waals surface area contributed by atoms with Gasteiger partial charge in [-0.2, -0.15) is 0 Å². The Labute approximate surface area is 129 Å². The van der Waals surface area contributed by atoms with Crippen molar-refractivity contribution in [3.05, 3.63) is 63.2 Å². The highest BCUT2D eigenvalue weighted by molar-refractivity contribution is 7.99. The van der Waals surface area contributed by atoms with Gasteiger partial charge in [-0.25, -0.2) is 0 Å². The molecular formula is C14H10ClNO4S. The average Bonchev–Trinajstić information content (AvgIpc) is 2.40. The van der Waals surface area contributed by atoms with Crippen LogP contribution in [0.15, 0.2) is 52.3 Å². The number of carbonyl (C=O) groups is 1. The van der Waals surface area contributed by atoms with Crippen molar-refractivity contribution in [1.82, 2.24) is 0 Å². The lowest BCUT2D eigenvalue weighted by molar-refractivity contribution is -0.387. The number of para-hydroxylation sites is 1. The van der Waals surface area contributed by atoms with Crippen LogP contribution in [0.1, 0.15) is 5.56 Å². The second kappa shape index (κ2) is 6.60. The summed E-state index contributed by atoms with van der Waals surface area (Å²) in [5.41, 5.74) is 0.547. The van der Waals surface area contributed by atoms with Crippen molar-refractivity contribution >= 4 is 35.0 Å². The number of nitrogens with zero attached hydrogens (tertiary/aromatic N) is 1. The van der Waals surface area contributed by atoms with Gasteiger partial charge in [0.1, 0.15) is 5.02 Å². The van der Waals surface area contributed by atoms with Gasteiger partial charge in [0.25, 0.3) is 0 Å². The highest BCUT2D eigenvalue weighted by Crippen LogP contribution is 2.38. The summed E-state index contributed by atoms with van der Waals surface area (Å²) in [5.74, 6) is -0.902. The van der Waals surface area contributed by atoms with Gasteiger partial charge < -0.3 is 5.11 Å². The largest absolute Gasteiger partial charge is 0.481 e. The second-order valence-electron chi connectivity index (χ2n) is 4.16. The maximum absolute atomic E-state index is 11.1. The van der Waals surface area contributed by atoms with Gasteiger partial charge in [0.05, 0.1) is 16.2 Å². The first-order valence-electron chi connectivity index (χ1n) is 5.89. The number of benzene rings is 2. The number of nitro groups is 1. The molecule has 0 aliphatic heterocycles. The van der Waals surface area contributed by atoms with Crippen LogP contribution >= 0.6 is 23.4 Å². The SMILES string of the molecule is O=C(O)Cc1ccc(Sc2cccc(Cl)c2[N+](=O)[O-])cc1. The molecule has 0 aliphatic rings. The summed E-state index contributed by atoms with van der Waals surface area (Å²) in [6.07, 6.45) is -0.0533. The lowest BCUT2D eigenvalue weighted by atomic mass is 10.2. The minimum atomic E-state index is -0.902. The average molecular weight is 324 g/mol. The quantitative estimate of drug-likeness (QED) is 0.663. The molecule has 0 aliphatic carbocycles. The van der Waals surface area contributed by atoms with E-state index in [1.54, 1.807) is 36.4 Å². The van der Waals surface area contributed by atoms with Crippen LogP contribution < -0.4 is 0 Å². The summed E-state index contributed by atoms with van der Waals surface area (Å²) < 4.78 is 0. The first-order valence-corrected chi connectivity index (χ1v) is 7.08. The van der Waals surface area contributed by atoms with Crippen LogP contribution in [0, 0.1) is 10.1 Å². The fraction of sp³-hybridized carbons (Fsp3) is 0.0714. The van der Waals surface area contributed by atoms with Crippen LogP contribution in [0.5, 0.6) is 0 Å². The topological polar surface area (TPSA) is 80.4 Å². The number of rotatable bonds is 5. The van der Waals surface area contributed by atoms with Crippen LogP contribution in [-0.4, -0.2) is 16.0 Å². The molecule has 21 heavy (non-hydrogen) atoms. The van der Waals surface area contributed by atoms with Crippen molar-refractivity contribution in [2.45, 2.75) is 16.2 Å². The molecule has 2 rings (SSSR count). The van der Waals surface area contributed by atoms with E-state index in [1.165, 1.54) is 17.8 Å². The summed E-state index contributed by atoms with van der Waals surface area (Å²) >= 11 is 7.06. The van der Waals surface area contributed by atoms with Gasteiger partial charge >= 0.3 is 11.7 Å². The van der Waals surface area contributed by atoms with E-state index in [2.05, 4.69) is 0 Å². The fourth-order valence-corrected chi connectivity index (χ4v) is 2.99. The zero-order chi connectivity index (χ0) is 15.4. The Morgan fingerprint density at radius 2 is 1.90 bits per heavy atom. The van der Waals surface area contributed by atoms with Gasteiger partial charge in [-0.05, 0) is 29.8 Å². The first-order chi connectivity index (χ1) is 9.97. The third kappa shape index (κ3) is 3.96. The smallest absolute Gasteiger partial charge is 0.307 e. The molecular weight excluding hydrogens is 314 g/mol. The van der Waals surface area contributed by atoms with Gasteiger partial charge in [-0.3, -0.25) is 14.9 Å². The number of hydrogen-bond donors (Lipinski definition) is 1. The van der Waals surface area contributed by atoms with Gasteiger partial charge in [-0.15, -0.1) is 0 Å². The fourth-order valence-electron chi connectivity index (χ4n) is 1.73. The number of halogens is 1. The Hall–Kier alpha value is -2.05. The van der Waals surface area contributed by atoms with Crippen LogP contribution in [0.4, 0.5) is 5.69 Å². The normalized spacial score (nSPS) is 10.3. The lowest BCUT2D eigenvalue weighted by Crippen LogP contribution is -1.99. The molecule has 0 radical (unpaired) electrons. The molecule has 0 atom stereocenters. The predicted molar refractivity (Wildman–Crippen MR) is 80.0 cm³/mol. The number of hydrogen-bond acceptors (Lipinski definition) is 4. The molecule has 0 spiro atoms. The second-order valence-corrected chi connectivity index (χ2v) is 5.68. The highest BCUT2D eigenvalue weighted by atomic mass is 35.5. The minimum Gasteiger partial charge on any atom is -0.481 e. The van der Waals surface area contributed by atoms with Crippen molar-refractivity contribution in [3.8, 4) is 0 Å². The molecule has 0 amide bonds. The zero-order valence-corrected chi connectivity index (χ0v) is 12.2. The van der Waals surface area contributed by atoms with E-state index in [9.17, 15) is 14.9 Å². The number of carboxylic acid groups (broad SMARTS) is 1. The molecule has 2 aromatic rings. The summed E-state index contributed by atoms with van der Waals surface area (Å²) in [6.45, 7) is 0. The summed E-state index contributed by atoms with van der Waals surface area (Å²) in [4.78, 5) is 22.4. The van der Waals surface area contributed by atoms with Crippen molar-refractivity contribution < 1.29 is 14.8 Å². The molecule has 7 heteroatoms. The standard InChI is InChI=1S/C14H10ClNO4S/c15-11-2-1-3-12(14(11)16(19)20)21-10-6-4-9(5-7-10)8-13(17)18/h1-7H,8H2,(H,17,18). The maximum atomic E-state index is 11.1. The Bertz CT molecular complexity index is 688. The van der Waals surface area contributed by atoms with E-state index in [1.807, 2.05) is 0 Å². The minimum absolute atomic E-state index is 0.0533. The Balaban J connectivity index is 2.24. The Morgan fingerprint density at radius 1 is 1.24 bits per heavy atom. The van der Waals surface area contributed by atoms with Gasteiger partial charge in [0.2, 0.25) is 0 Å². The highest BCUT2D eigenvalue weighted by Gasteiger charge is 2.19. The molecule has 0 bridgehead atoms. The molecule has 0 heterocycles. The molecule has 0 aromatic heterocycles. The zero-order valence-electron chi connectivity index (χ0n) is 10.7. The molecule has 2 aromatic carbocycles. The summed E-state index contributed by atoms with van der Waals surface area (Å²) in [7, 11) is 0. The van der Waals surface area contributed by atoms with E-state index in [4.69, 9.17) is 16.7 Å². The molecule has 0 saturated heterocycles. The van der Waals surface area contributed by atoms with Crippen molar-refractivity contribution in [2.75, 3.05) is 0 Å². The first kappa shape index (κ1) is 15.3. The molecule has 1 N–H and O–H groups in total. The summed E-state index contributed by atoms with van der Waals surface area (Å²) in [6, 6.07) is 11.6. The Morgan fingerprint density at radius 3 is 2.48 bits per heavy atom. The van der Waals surface area contributed by atoms with Crippen molar-refractivity contribution in [3.63, 3.8) is 0 Å². The summed E-state index contributed by atoms with van der Waals surface area (Å²) in [5, 5.41) is 19.8. The van der Waals surface area contributed by atoms with Gasteiger partial charge in [0, 0.05) is 4.90 Å². The van der Waals surface area contributed by atoms with E-state index in [0.717, 1.165) is 4.90 Å². The van der Waals surface area contributed by atoms with Gasteiger partial charge in [-0.1, -0.05) is 41.6 Å². The van der Waals surface area contributed by atoms with E-state index in [-0.39, 0.29) is 17.1 Å². The molecule has 0 fully saturated rings. The molecule has 108 valence electrons. The van der Waals surface area contributed by atoms with Crippen LogP contribution in [0.2, 0.25) is 5.02 Å². The van der Waals surface area contributed by atoms with Crippen molar-refractivity contribution in [2.24, 2.45) is 0 Å². The number of nitro benzene ring substituents is 1. The van der Waals surface area contributed by atoms with Crippen LogP contribution in [0.3, 0.4) is 0 Å². The van der Waals surface area contributed by atoms with E-state index >= 15 is 0 Å². The third-order valence-corrected chi connectivity index (χ3v) is 4.00. The lowest BCUT2D eigenvalue weighted by Gasteiger charge is -2.05. The van der Waals surface area contributed by atoms with Crippen LogP contribution in [-0.2, 0) is 11.2 Å². The predicted octanol–water partition coefficient (Wildman–Crippen LogP) is 4.03. The van der Waals surface area contributed by atoms with E-state index < -0.39 is 10.9 Å². The van der Waals surface area contributed by atoms with Crippen LogP contribution in [0.25, 0.3) is 0 Å². The maximum Gasteiger partial charge on any atom is 0.307 e. The number of aliphatic carboxylic acids is 1. The number of carboxylic acids is 1. The third-order valence-electron chi connectivity index (χ3n) is 2.64. The van der Waals surface area contributed by atoms with Gasteiger partial charge in [0.15, 0.2) is 0 Å². The van der Waals surface area contributed by atoms with E-state index in [0.29, 0.717) is 10.5 Å². The Kier molecular flexibility index (Phi) is 4.82. The van der Waals surface area contributed by atoms with Crippen molar-refractivity contribution in [1.29, 1.82) is 0 Å².